The summed E-state index contributed by atoms with van der Waals surface area (Å²) in [6.07, 6.45) is 3.00. The molecule has 3 nitrogen and oxygen atoms in total. The van der Waals surface area contributed by atoms with Gasteiger partial charge in [-0.15, -0.1) is 0 Å². The standard InChI is InChI=1S/C14H18NO2/c1-2-17-14(16)12-7-6-10-15(11-12)13-8-4-3-5-9-13/h3-5,7-9,12H,2,6,10-11H2,1H3. The molecule has 1 aliphatic heterocycles. The number of carbonyl (C=O) groups excluding carboxylic acids is 1. The molecule has 1 unspecified atom stereocenters. The first-order chi connectivity index (χ1) is 8.31. The van der Waals surface area contributed by atoms with Gasteiger partial charge in [-0.1, -0.05) is 18.2 Å². The SMILES string of the molecule is CCOC(=O)C1[CH]CCN(c2ccccc2)C1. The van der Waals surface area contributed by atoms with Gasteiger partial charge in [-0.3, -0.25) is 4.79 Å². The number of para-hydroxylation sites is 1. The van der Waals surface area contributed by atoms with Crippen LogP contribution in [0.3, 0.4) is 0 Å². The number of carbonyl (C=O) groups is 1. The highest BCUT2D eigenvalue weighted by atomic mass is 16.5. The van der Waals surface area contributed by atoms with Gasteiger partial charge < -0.3 is 9.64 Å². The number of nitrogens with zero attached hydrogens (tertiary/aromatic N) is 1. The molecule has 1 aliphatic rings. The quantitative estimate of drug-likeness (QED) is 0.749. The zero-order chi connectivity index (χ0) is 12.1. The fraction of sp³-hybridized carbons (Fsp3) is 0.429. The lowest BCUT2D eigenvalue weighted by Crippen LogP contribution is -2.39. The molecule has 91 valence electrons. The monoisotopic (exact) mass is 232 g/mol. The van der Waals surface area contributed by atoms with E-state index in [4.69, 9.17) is 4.74 Å². The highest BCUT2D eigenvalue weighted by Crippen LogP contribution is 2.22. The fourth-order valence-corrected chi connectivity index (χ4v) is 2.13. The van der Waals surface area contributed by atoms with Gasteiger partial charge in [0.2, 0.25) is 0 Å². The number of hydrogen-bond donors (Lipinski definition) is 0. The second-order valence-corrected chi connectivity index (χ2v) is 4.16. The van der Waals surface area contributed by atoms with Crippen LogP contribution in [0.1, 0.15) is 13.3 Å². The Balaban J connectivity index is 2.00. The number of benzene rings is 1. The summed E-state index contributed by atoms with van der Waals surface area (Å²) in [4.78, 5) is 13.9. The minimum absolute atomic E-state index is 0.0936. The van der Waals surface area contributed by atoms with Gasteiger partial charge in [-0.25, -0.2) is 0 Å². The summed E-state index contributed by atoms with van der Waals surface area (Å²) in [5.74, 6) is -0.197. The highest BCUT2D eigenvalue weighted by molar-refractivity contribution is 5.75. The van der Waals surface area contributed by atoms with E-state index in [1.165, 1.54) is 5.69 Å². The van der Waals surface area contributed by atoms with Gasteiger partial charge >= 0.3 is 5.97 Å². The van der Waals surface area contributed by atoms with Crippen LogP contribution in [0, 0.1) is 12.3 Å². The van der Waals surface area contributed by atoms with Gasteiger partial charge in [0.15, 0.2) is 0 Å². The Morgan fingerprint density at radius 3 is 2.88 bits per heavy atom. The summed E-state index contributed by atoms with van der Waals surface area (Å²) in [5.41, 5.74) is 1.18. The van der Waals surface area contributed by atoms with E-state index in [2.05, 4.69) is 23.5 Å². The lowest BCUT2D eigenvalue weighted by Gasteiger charge is -2.33. The minimum atomic E-state index is -0.104. The Kier molecular flexibility index (Phi) is 4.02. The third kappa shape index (κ3) is 2.99. The number of anilines is 1. The topological polar surface area (TPSA) is 29.5 Å². The Bertz CT molecular complexity index is 364. The van der Waals surface area contributed by atoms with Crippen LogP contribution in [-0.4, -0.2) is 25.7 Å². The zero-order valence-electron chi connectivity index (χ0n) is 10.1. The summed E-state index contributed by atoms with van der Waals surface area (Å²) in [5, 5.41) is 0. The van der Waals surface area contributed by atoms with Crippen LogP contribution in [0.15, 0.2) is 30.3 Å². The molecule has 0 N–H and O–H groups in total. The molecule has 0 bridgehead atoms. The summed E-state index contributed by atoms with van der Waals surface area (Å²) in [6, 6.07) is 10.2. The predicted molar refractivity (Wildman–Crippen MR) is 67.7 cm³/mol. The molecule has 2 rings (SSSR count). The third-order valence-electron chi connectivity index (χ3n) is 2.98. The van der Waals surface area contributed by atoms with E-state index in [1.807, 2.05) is 25.1 Å². The van der Waals surface area contributed by atoms with Crippen LogP contribution in [-0.2, 0) is 9.53 Å². The normalized spacial score (nSPS) is 20.1. The zero-order valence-corrected chi connectivity index (χ0v) is 10.1. The number of esters is 1. The summed E-state index contributed by atoms with van der Waals surface area (Å²) >= 11 is 0. The van der Waals surface area contributed by atoms with Crippen molar-refractivity contribution in [2.45, 2.75) is 13.3 Å². The van der Waals surface area contributed by atoms with E-state index in [9.17, 15) is 4.79 Å². The van der Waals surface area contributed by atoms with Crippen molar-refractivity contribution in [2.75, 3.05) is 24.6 Å². The summed E-state index contributed by atoms with van der Waals surface area (Å²) < 4.78 is 5.07. The van der Waals surface area contributed by atoms with Crippen LogP contribution in [0.2, 0.25) is 0 Å². The van der Waals surface area contributed by atoms with E-state index < -0.39 is 0 Å². The summed E-state index contributed by atoms with van der Waals surface area (Å²) in [7, 11) is 0. The Morgan fingerprint density at radius 2 is 2.18 bits per heavy atom. The average Bonchev–Trinajstić information content (AvgIpc) is 2.40. The van der Waals surface area contributed by atoms with Crippen molar-refractivity contribution in [3.05, 3.63) is 36.8 Å². The molecule has 1 aromatic carbocycles. The van der Waals surface area contributed by atoms with E-state index in [-0.39, 0.29) is 11.9 Å². The van der Waals surface area contributed by atoms with Crippen molar-refractivity contribution in [3.63, 3.8) is 0 Å². The number of rotatable bonds is 3. The molecule has 0 aliphatic carbocycles. The Labute approximate surface area is 102 Å². The molecular weight excluding hydrogens is 214 g/mol. The van der Waals surface area contributed by atoms with E-state index in [1.54, 1.807) is 0 Å². The molecule has 1 aromatic rings. The van der Waals surface area contributed by atoms with E-state index in [0.717, 1.165) is 19.5 Å². The molecule has 0 spiro atoms. The van der Waals surface area contributed by atoms with Gasteiger partial charge in [-0.05, 0) is 31.9 Å². The lowest BCUT2D eigenvalue weighted by molar-refractivity contribution is -0.146. The molecule has 17 heavy (non-hydrogen) atoms. The third-order valence-corrected chi connectivity index (χ3v) is 2.98. The molecule has 1 fully saturated rings. The second kappa shape index (κ2) is 5.71. The van der Waals surface area contributed by atoms with E-state index >= 15 is 0 Å². The number of ether oxygens (including phenoxy) is 1. The number of hydrogen-bond acceptors (Lipinski definition) is 3. The van der Waals surface area contributed by atoms with Gasteiger partial charge in [0.1, 0.15) is 0 Å². The maximum absolute atomic E-state index is 11.7. The molecule has 0 amide bonds. The first-order valence-corrected chi connectivity index (χ1v) is 6.11. The van der Waals surface area contributed by atoms with Crippen molar-refractivity contribution >= 4 is 11.7 Å². The van der Waals surface area contributed by atoms with Crippen LogP contribution < -0.4 is 4.90 Å². The van der Waals surface area contributed by atoms with Gasteiger partial charge in [0.05, 0.1) is 12.5 Å². The molecule has 1 atom stereocenters. The second-order valence-electron chi connectivity index (χ2n) is 4.16. The highest BCUT2D eigenvalue weighted by Gasteiger charge is 2.26. The smallest absolute Gasteiger partial charge is 0.311 e. The maximum atomic E-state index is 11.7. The van der Waals surface area contributed by atoms with Crippen molar-refractivity contribution < 1.29 is 9.53 Å². The Morgan fingerprint density at radius 1 is 1.41 bits per heavy atom. The van der Waals surface area contributed by atoms with Crippen molar-refractivity contribution in [3.8, 4) is 0 Å². The van der Waals surface area contributed by atoms with Gasteiger partial charge in [0.25, 0.3) is 0 Å². The van der Waals surface area contributed by atoms with E-state index in [0.29, 0.717) is 6.61 Å². The van der Waals surface area contributed by atoms with Gasteiger partial charge in [-0.2, -0.15) is 0 Å². The fourth-order valence-electron chi connectivity index (χ4n) is 2.13. The molecular formula is C14H18NO2. The van der Waals surface area contributed by atoms with Crippen molar-refractivity contribution in [2.24, 2.45) is 5.92 Å². The molecule has 1 radical (unpaired) electrons. The Hall–Kier alpha value is -1.51. The van der Waals surface area contributed by atoms with Crippen LogP contribution in [0.25, 0.3) is 0 Å². The maximum Gasteiger partial charge on any atom is 0.311 e. The average molecular weight is 232 g/mol. The minimum Gasteiger partial charge on any atom is -0.466 e. The van der Waals surface area contributed by atoms with Crippen molar-refractivity contribution in [1.82, 2.24) is 0 Å². The lowest BCUT2D eigenvalue weighted by atomic mass is 9.97. The first-order valence-electron chi connectivity index (χ1n) is 6.11. The van der Waals surface area contributed by atoms with Crippen LogP contribution >= 0.6 is 0 Å². The van der Waals surface area contributed by atoms with Gasteiger partial charge in [0, 0.05) is 18.8 Å². The molecule has 0 saturated carbocycles. The number of piperidine rings is 1. The van der Waals surface area contributed by atoms with Crippen LogP contribution in [0.4, 0.5) is 5.69 Å². The predicted octanol–water partition coefficient (Wildman–Crippen LogP) is 2.28. The van der Waals surface area contributed by atoms with Crippen LogP contribution in [0.5, 0.6) is 0 Å². The first kappa shape index (κ1) is 12.0. The molecule has 3 heteroatoms. The molecule has 1 saturated heterocycles. The van der Waals surface area contributed by atoms with Crippen molar-refractivity contribution in [1.29, 1.82) is 0 Å². The summed E-state index contributed by atoms with van der Waals surface area (Å²) in [6.45, 7) is 3.99. The molecule has 1 heterocycles. The molecule has 0 aromatic heterocycles. The largest absolute Gasteiger partial charge is 0.466 e.